The average molecular weight is 210 g/mol. The summed E-state index contributed by atoms with van der Waals surface area (Å²) < 4.78 is 0. The summed E-state index contributed by atoms with van der Waals surface area (Å²) in [5.41, 5.74) is 5.55. The molecule has 0 aliphatic heterocycles. The van der Waals surface area contributed by atoms with Crippen molar-refractivity contribution in [3.63, 3.8) is 0 Å². The van der Waals surface area contributed by atoms with Crippen molar-refractivity contribution in [1.82, 2.24) is 5.32 Å². The SMILES string of the molecule is CC(CCN)CNCC(C1CC1)C1CC1. The lowest BCUT2D eigenvalue weighted by atomic mass is 9.97. The first-order chi connectivity index (χ1) is 7.31. The van der Waals surface area contributed by atoms with Crippen molar-refractivity contribution in [3.05, 3.63) is 0 Å². The van der Waals surface area contributed by atoms with E-state index in [0.717, 1.165) is 43.2 Å². The molecule has 2 rings (SSSR count). The highest BCUT2D eigenvalue weighted by molar-refractivity contribution is 4.92. The molecule has 2 saturated carbocycles. The maximum Gasteiger partial charge on any atom is -0.00151 e. The Kier molecular flexibility index (Phi) is 4.04. The summed E-state index contributed by atoms with van der Waals surface area (Å²) in [5, 5.41) is 3.66. The third kappa shape index (κ3) is 3.76. The van der Waals surface area contributed by atoms with Crippen LogP contribution in [0, 0.1) is 23.7 Å². The minimum Gasteiger partial charge on any atom is -0.330 e. The van der Waals surface area contributed by atoms with Gasteiger partial charge in [-0.1, -0.05) is 6.92 Å². The molecule has 0 spiro atoms. The molecule has 1 unspecified atom stereocenters. The Morgan fingerprint density at radius 1 is 1.13 bits per heavy atom. The molecule has 2 nitrogen and oxygen atoms in total. The molecule has 2 fully saturated rings. The van der Waals surface area contributed by atoms with Crippen LogP contribution in [0.25, 0.3) is 0 Å². The van der Waals surface area contributed by atoms with Gasteiger partial charge in [-0.3, -0.25) is 0 Å². The molecule has 0 radical (unpaired) electrons. The van der Waals surface area contributed by atoms with E-state index in [0.29, 0.717) is 0 Å². The van der Waals surface area contributed by atoms with Crippen molar-refractivity contribution in [3.8, 4) is 0 Å². The largest absolute Gasteiger partial charge is 0.330 e. The first-order valence-electron chi connectivity index (χ1n) is 6.72. The van der Waals surface area contributed by atoms with Gasteiger partial charge in [-0.2, -0.15) is 0 Å². The molecule has 0 aromatic heterocycles. The smallest absolute Gasteiger partial charge is 0.00151 e. The second kappa shape index (κ2) is 5.31. The molecule has 2 heteroatoms. The van der Waals surface area contributed by atoms with Gasteiger partial charge in [0.1, 0.15) is 0 Å². The van der Waals surface area contributed by atoms with Gasteiger partial charge in [0.05, 0.1) is 0 Å². The minimum absolute atomic E-state index is 0.744. The number of nitrogens with one attached hydrogen (secondary N) is 1. The monoisotopic (exact) mass is 210 g/mol. The first kappa shape index (κ1) is 11.4. The summed E-state index contributed by atoms with van der Waals surface area (Å²) in [7, 11) is 0. The van der Waals surface area contributed by atoms with Crippen LogP contribution in [0.1, 0.15) is 39.0 Å². The highest BCUT2D eigenvalue weighted by atomic mass is 14.9. The lowest BCUT2D eigenvalue weighted by Gasteiger charge is -2.18. The van der Waals surface area contributed by atoms with E-state index in [9.17, 15) is 0 Å². The van der Waals surface area contributed by atoms with Crippen LogP contribution in [-0.2, 0) is 0 Å². The van der Waals surface area contributed by atoms with Gasteiger partial charge in [-0.15, -0.1) is 0 Å². The normalized spacial score (nSPS) is 23.4. The van der Waals surface area contributed by atoms with E-state index in [1.807, 2.05) is 0 Å². The van der Waals surface area contributed by atoms with Crippen molar-refractivity contribution in [2.45, 2.75) is 39.0 Å². The van der Waals surface area contributed by atoms with Gasteiger partial charge in [0.25, 0.3) is 0 Å². The molecule has 0 amide bonds. The molecule has 0 saturated heterocycles. The van der Waals surface area contributed by atoms with Crippen molar-refractivity contribution in [2.75, 3.05) is 19.6 Å². The van der Waals surface area contributed by atoms with Crippen LogP contribution in [0.4, 0.5) is 0 Å². The number of hydrogen-bond acceptors (Lipinski definition) is 2. The molecule has 3 N–H and O–H groups in total. The Morgan fingerprint density at radius 2 is 1.73 bits per heavy atom. The highest BCUT2D eigenvalue weighted by Crippen LogP contribution is 2.48. The van der Waals surface area contributed by atoms with Crippen molar-refractivity contribution in [2.24, 2.45) is 29.4 Å². The van der Waals surface area contributed by atoms with Crippen LogP contribution in [0.2, 0.25) is 0 Å². The lowest BCUT2D eigenvalue weighted by Crippen LogP contribution is -2.30. The Balaban J connectivity index is 1.58. The van der Waals surface area contributed by atoms with Crippen LogP contribution in [-0.4, -0.2) is 19.6 Å². The van der Waals surface area contributed by atoms with Crippen molar-refractivity contribution >= 4 is 0 Å². The Labute approximate surface area is 94.0 Å². The Bertz CT molecular complexity index is 173. The molecule has 0 aromatic rings. The topological polar surface area (TPSA) is 38.0 Å². The fraction of sp³-hybridized carbons (Fsp3) is 1.00. The zero-order valence-electron chi connectivity index (χ0n) is 10.0. The molecule has 2 aliphatic rings. The zero-order valence-corrected chi connectivity index (χ0v) is 10.0. The van der Waals surface area contributed by atoms with Gasteiger partial charge >= 0.3 is 0 Å². The molecule has 0 aromatic carbocycles. The van der Waals surface area contributed by atoms with Gasteiger partial charge in [-0.05, 0) is 75.4 Å². The molecular weight excluding hydrogens is 184 g/mol. The summed E-state index contributed by atoms with van der Waals surface area (Å²) in [6.07, 6.45) is 7.16. The van der Waals surface area contributed by atoms with Gasteiger partial charge in [0.2, 0.25) is 0 Å². The third-order valence-electron chi connectivity index (χ3n) is 3.99. The van der Waals surface area contributed by atoms with Gasteiger partial charge in [-0.25, -0.2) is 0 Å². The predicted octanol–water partition coefficient (Wildman–Crippen LogP) is 2.00. The maximum atomic E-state index is 5.55. The summed E-state index contributed by atoms with van der Waals surface area (Å²) in [4.78, 5) is 0. The summed E-state index contributed by atoms with van der Waals surface area (Å²) >= 11 is 0. The Morgan fingerprint density at radius 3 is 2.20 bits per heavy atom. The van der Waals surface area contributed by atoms with E-state index < -0.39 is 0 Å². The Hall–Kier alpha value is -0.0800. The molecule has 88 valence electrons. The van der Waals surface area contributed by atoms with E-state index in [4.69, 9.17) is 5.73 Å². The predicted molar refractivity (Wildman–Crippen MR) is 64.6 cm³/mol. The molecule has 0 heterocycles. The highest BCUT2D eigenvalue weighted by Gasteiger charge is 2.40. The number of hydrogen-bond donors (Lipinski definition) is 2. The number of nitrogens with two attached hydrogens (primary N) is 1. The summed E-state index contributed by atoms with van der Waals surface area (Å²) in [6.45, 7) is 5.55. The molecular formula is C13H26N2. The molecule has 0 bridgehead atoms. The van der Waals surface area contributed by atoms with E-state index in [1.165, 1.54) is 32.2 Å². The molecule has 2 aliphatic carbocycles. The zero-order chi connectivity index (χ0) is 10.7. The van der Waals surface area contributed by atoms with Crippen molar-refractivity contribution in [1.29, 1.82) is 0 Å². The van der Waals surface area contributed by atoms with Crippen LogP contribution in [0.3, 0.4) is 0 Å². The van der Waals surface area contributed by atoms with Crippen LogP contribution >= 0.6 is 0 Å². The van der Waals surface area contributed by atoms with E-state index in [1.54, 1.807) is 0 Å². The standard InChI is InChI=1S/C13H26N2/c1-10(6-7-14)8-15-9-13(11-2-3-11)12-4-5-12/h10-13,15H,2-9,14H2,1H3. The molecule has 1 atom stereocenters. The summed E-state index contributed by atoms with van der Waals surface area (Å²) in [6, 6.07) is 0. The summed E-state index contributed by atoms with van der Waals surface area (Å²) in [5.74, 6) is 3.91. The van der Waals surface area contributed by atoms with Gasteiger partial charge < -0.3 is 11.1 Å². The van der Waals surface area contributed by atoms with E-state index in [-0.39, 0.29) is 0 Å². The van der Waals surface area contributed by atoms with Crippen LogP contribution < -0.4 is 11.1 Å². The fourth-order valence-electron chi connectivity index (χ4n) is 2.65. The van der Waals surface area contributed by atoms with E-state index >= 15 is 0 Å². The minimum atomic E-state index is 0.744. The van der Waals surface area contributed by atoms with Crippen molar-refractivity contribution < 1.29 is 0 Å². The second-order valence-corrected chi connectivity index (χ2v) is 5.68. The van der Waals surface area contributed by atoms with Gasteiger partial charge in [0.15, 0.2) is 0 Å². The third-order valence-corrected chi connectivity index (χ3v) is 3.99. The van der Waals surface area contributed by atoms with Gasteiger partial charge in [0, 0.05) is 0 Å². The second-order valence-electron chi connectivity index (χ2n) is 5.68. The quantitative estimate of drug-likeness (QED) is 0.643. The fourth-order valence-corrected chi connectivity index (χ4v) is 2.65. The lowest BCUT2D eigenvalue weighted by molar-refractivity contribution is 0.362. The van der Waals surface area contributed by atoms with E-state index in [2.05, 4.69) is 12.2 Å². The van der Waals surface area contributed by atoms with Crippen LogP contribution in [0.5, 0.6) is 0 Å². The average Bonchev–Trinajstić information content (AvgIpc) is 3.03. The number of rotatable bonds is 8. The molecule has 15 heavy (non-hydrogen) atoms. The van der Waals surface area contributed by atoms with Crippen LogP contribution in [0.15, 0.2) is 0 Å². The first-order valence-corrected chi connectivity index (χ1v) is 6.72. The maximum absolute atomic E-state index is 5.55.